The molecule has 54 valence electrons. The number of halogens is 1. The number of nitrogens with zero attached hydrogens (tertiary/aromatic N) is 1. The van der Waals surface area contributed by atoms with Gasteiger partial charge in [-0.3, -0.25) is 4.79 Å². The molecule has 0 rings (SSSR count). The third-order valence-electron chi connectivity index (χ3n) is 1.17. The first kappa shape index (κ1) is 8.76. The molecule has 1 unspecified atom stereocenters. The first-order chi connectivity index (χ1) is 4.09. The van der Waals surface area contributed by atoms with E-state index in [9.17, 15) is 4.79 Å². The predicted molar refractivity (Wildman–Crippen MR) is 38.4 cm³/mol. The summed E-state index contributed by atoms with van der Waals surface area (Å²) < 4.78 is 0. The van der Waals surface area contributed by atoms with Crippen LogP contribution in [0, 0.1) is 0 Å². The number of carbonyl (C=O) groups is 1. The fourth-order valence-corrected chi connectivity index (χ4v) is 1.00. The zero-order valence-electron chi connectivity index (χ0n) is 6.02. The normalized spacial score (nSPS) is 12.9. The molecular weight excluding hydrogens is 138 g/mol. The Morgan fingerprint density at radius 1 is 1.78 bits per heavy atom. The fourth-order valence-electron chi connectivity index (χ4n) is 0.725. The second kappa shape index (κ2) is 3.72. The smallest absolute Gasteiger partial charge is 0.220 e. The summed E-state index contributed by atoms with van der Waals surface area (Å²) in [6.07, 6.45) is 0. The van der Waals surface area contributed by atoms with E-state index >= 15 is 0 Å². The summed E-state index contributed by atoms with van der Waals surface area (Å²) in [7, 11) is 0. The van der Waals surface area contributed by atoms with Crippen molar-refractivity contribution >= 4 is 17.5 Å². The molecule has 0 spiro atoms. The van der Waals surface area contributed by atoms with Crippen LogP contribution in [0.4, 0.5) is 0 Å². The van der Waals surface area contributed by atoms with Crippen LogP contribution in [0.15, 0.2) is 0 Å². The largest absolute Gasteiger partial charge is 0.327 e. The van der Waals surface area contributed by atoms with Crippen molar-refractivity contribution in [2.24, 2.45) is 0 Å². The van der Waals surface area contributed by atoms with Crippen molar-refractivity contribution < 1.29 is 4.79 Å². The van der Waals surface area contributed by atoms with E-state index in [1.54, 1.807) is 11.8 Å². The summed E-state index contributed by atoms with van der Waals surface area (Å²) in [4.78, 5) is 12.2. The minimum atomic E-state index is -0.188. The molecule has 0 aliphatic carbocycles. The SMILES string of the molecule is CCN(C(C)=O)C(C)Cl. The van der Waals surface area contributed by atoms with E-state index in [4.69, 9.17) is 11.6 Å². The van der Waals surface area contributed by atoms with E-state index in [1.165, 1.54) is 6.92 Å². The average Bonchev–Trinajstić information content (AvgIpc) is 1.64. The van der Waals surface area contributed by atoms with Crippen LogP contribution in [-0.2, 0) is 4.79 Å². The summed E-state index contributed by atoms with van der Waals surface area (Å²) in [5.74, 6) is 0.0278. The van der Waals surface area contributed by atoms with E-state index in [1.807, 2.05) is 6.92 Å². The number of hydrogen-bond donors (Lipinski definition) is 0. The molecule has 0 bridgehead atoms. The topological polar surface area (TPSA) is 20.3 Å². The highest BCUT2D eigenvalue weighted by molar-refractivity contribution is 6.20. The van der Waals surface area contributed by atoms with Crippen molar-refractivity contribution in [1.82, 2.24) is 4.90 Å². The number of hydrogen-bond acceptors (Lipinski definition) is 1. The maximum Gasteiger partial charge on any atom is 0.220 e. The van der Waals surface area contributed by atoms with E-state index in [0.717, 1.165) is 0 Å². The van der Waals surface area contributed by atoms with E-state index in [2.05, 4.69) is 0 Å². The molecule has 1 amide bonds. The molecule has 0 aromatic carbocycles. The maximum absolute atomic E-state index is 10.7. The molecule has 0 aliphatic rings. The molecule has 9 heavy (non-hydrogen) atoms. The van der Waals surface area contributed by atoms with Gasteiger partial charge < -0.3 is 4.90 Å². The molecule has 0 saturated carbocycles. The zero-order valence-corrected chi connectivity index (χ0v) is 6.77. The van der Waals surface area contributed by atoms with Crippen molar-refractivity contribution in [2.75, 3.05) is 6.54 Å². The molecule has 0 N–H and O–H groups in total. The van der Waals surface area contributed by atoms with E-state index in [0.29, 0.717) is 6.54 Å². The summed E-state index contributed by atoms with van der Waals surface area (Å²) in [5, 5.41) is 0. The van der Waals surface area contributed by atoms with Crippen LogP contribution in [0.5, 0.6) is 0 Å². The van der Waals surface area contributed by atoms with Crippen LogP contribution in [0.1, 0.15) is 20.8 Å². The Morgan fingerprint density at radius 2 is 2.22 bits per heavy atom. The third-order valence-corrected chi connectivity index (χ3v) is 1.41. The van der Waals surface area contributed by atoms with Gasteiger partial charge >= 0.3 is 0 Å². The summed E-state index contributed by atoms with van der Waals surface area (Å²) >= 11 is 5.64. The van der Waals surface area contributed by atoms with Crippen molar-refractivity contribution in [2.45, 2.75) is 26.3 Å². The highest BCUT2D eigenvalue weighted by atomic mass is 35.5. The molecule has 2 nitrogen and oxygen atoms in total. The van der Waals surface area contributed by atoms with Gasteiger partial charge in [-0.25, -0.2) is 0 Å². The minimum Gasteiger partial charge on any atom is -0.327 e. The number of amides is 1. The minimum absolute atomic E-state index is 0.0278. The molecule has 1 atom stereocenters. The summed E-state index contributed by atoms with van der Waals surface area (Å²) in [5.41, 5.74) is -0.188. The van der Waals surface area contributed by atoms with Gasteiger partial charge in [-0.1, -0.05) is 11.6 Å². The Kier molecular flexibility index (Phi) is 3.62. The highest BCUT2D eigenvalue weighted by Gasteiger charge is 2.09. The Balaban J connectivity index is 3.83. The van der Waals surface area contributed by atoms with Crippen molar-refractivity contribution in [1.29, 1.82) is 0 Å². The highest BCUT2D eigenvalue weighted by Crippen LogP contribution is 2.02. The van der Waals surface area contributed by atoms with Crippen LogP contribution in [0.2, 0.25) is 0 Å². The van der Waals surface area contributed by atoms with Gasteiger partial charge in [-0.2, -0.15) is 0 Å². The Hall–Kier alpha value is -0.240. The first-order valence-electron chi connectivity index (χ1n) is 3.00. The number of carbonyl (C=O) groups excluding carboxylic acids is 1. The van der Waals surface area contributed by atoms with E-state index < -0.39 is 0 Å². The first-order valence-corrected chi connectivity index (χ1v) is 3.44. The maximum atomic E-state index is 10.7. The summed E-state index contributed by atoms with van der Waals surface area (Å²) in [6.45, 7) is 5.88. The summed E-state index contributed by atoms with van der Waals surface area (Å²) in [6, 6.07) is 0. The molecule has 0 aromatic rings. The Labute approximate surface area is 60.8 Å². The lowest BCUT2D eigenvalue weighted by Gasteiger charge is -2.20. The zero-order chi connectivity index (χ0) is 7.44. The molecule has 0 aromatic heterocycles. The lowest BCUT2D eigenvalue weighted by atomic mass is 10.5. The van der Waals surface area contributed by atoms with Gasteiger partial charge in [0.15, 0.2) is 0 Å². The van der Waals surface area contributed by atoms with Crippen molar-refractivity contribution in [3.8, 4) is 0 Å². The molecule has 0 aliphatic heterocycles. The monoisotopic (exact) mass is 149 g/mol. The van der Waals surface area contributed by atoms with E-state index in [-0.39, 0.29) is 11.4 Å². The van der Waals surface area contributed by atoms with Crippen LogP contribution in [0.3, 0.4) is 0 Å². The molecule has 3 heteroatoms. The van der Waals surface area contributed by atoms with Gasteiger partial charge in [0.05, 0.1) is 0 Å². The molecule has 0 saturated heterocycles. The molecule has 0 radical (unpaired) electrons. The number of rotatable bonds is 2. The third kappa shape index (κ3) is 2.70. The van der Waals surface area contributed by atoms with Crippen LogP contribution in [0.25, 0.3) is 0 Å². The molecular formula is C6H12ClNO. The van der Waals surface area contributed by atoms with Crippen LogP contribution >= 0.6 is 11.6 Å². The molecule has 0 heterocycles. The second-order valence-corrected chi connectivity index (χ2v) is 2.51. The van der Waals surface area contributed by atoms with Gasteiger partial charge in [0.2, 0.25) is 5.91 Å². The van der Waals surface area contributed by atoms with Crippen molar-refractivity contribution in [3.63, 3.8) is 0 Å². The lowest BCUT2D eigenvalue weighted by Crippen LogP contribution is -2.33. The van der Waals surface area contributed by atoms with Gasteiger partial charge in [-0.15, -0.1) is 0 Å². The van der Waals surface area contributed by atoms with Crippen molar-refractivity contribution in [3.05, 3.63) is 0 Å². The van der Waals surface area contributed by atoms with Gasteiger partial charge in [0.1, 0.15) is 5.50 Å². The quantitative estimate of drug-likeness (QED) is 0.430. The standard InChI is InChI=1S/C6H12ClNO/c1-4-8(5(2)7)6(3)9/h5H,4H2,1-3H3. The van der Waals surface area contributed by atoms with Gasteiger partial charge in [0, 0.05) is 13.5 Å². The van der Waals surface area contributed by atoms with Crippen LogP contribution in [-0.4, -0.2) is 22.9 Å². The van der Waals surface area contributed by atoms with Crippen LogP contribution < -0.4 is 0 Å². The Morgan fingerprint density at radius 3 is 2.22 bits per heavy atom. The second-order valence-electron chi connectivity index (χ2n) is 1.88. The Bertz CT molecular complexity index is 103. The lowest BCUT2D eigenvalue weighted by molar-refractivity contribution is -0.129. The molecule has 0 fully saturated rings. The fraction of sp³-hybridized carbons (Fsp3) is 0.833. The van der Waals surface area contributed by atoms with Gasteiger partial charge in [-0.05, 0) is 13.8 Å². The average molecular weight is 150 g/mol. The number of alkyl halides is 1. The predicted octanol–water partition coefficient (Wildman–Crippen LogP) is 1.44. The van der Waals surface area contributed by atoms with Gasteiger partial charge in [0.25, 0.3) is 0 Å².